The van der Waals surface area contributed by atoms with E-state index in [1.54, 1.807) is 24.3 Å². The van der Waals surface area contributed by atoms with E-state index in [9.17, 15) is 8.42 Å². The number of methoxy groups -OCH3 is 1. The number of nitrogens with zero attached hydrogens (tertiary/aromatic N) is 1. The number of rotatable bonds is 6. The maximum absolute atomic E-state index is 12.6. The van der Waals surface area contributed by atoms with Crippen LogP contribution in [0.3, 0.4) is 0 Å². The maximum Gasteiger partial charge on any atom is 0.240 e. The van der Waals surface area contributed by atoms with Crippen LogP contribution in [0.25, 0.3) is 0 Å². The molecule has 1 aromatic carbocycles. The fraction of sp³-hybridized carbons (Fsp3) is 0.625. The molecule has 2 aliphatic rings. The van der Waals surface area contributed by atoms with E-state index in [1.165, 1.54) is 7.11 Å². The third-order valence-electron chi connectivity index (χ3n) is 4.91. The van der Waals surface area contributed by atoms with Gasteiger partial charge >= 0.3 is 0 Å². The predicted molar refractivity (Wildman–Crippen MR) is 87.2 cm³/mol. The fourth-order valence-electron chi connectivity index (χ4n) is 3.31. The average molecular weight is 340 g/mol. The normalized spacial score (nSPS) is 21.6. The van der Waals surface area contributed by atoms with Gasteiger partial charge in [-0.2, -0.15) is 0 Å². The highest BCUT2D eigenvalue weighted by Gasteiger charge is 2.43. The van der Waals surface area contributed by atoms with E-state index in [0.717, 1.165) is 45.6 Å². The standard InChI is InChI=1S/C16H24N2O4S/c1-21-14-4-2-5-15(12-14)23(19,20)17-13-16(6-3-7-16)18-8-10-22-11-9-18/h2,4-5,12,17H,3,6-11,13H2,1H3. The number of hydrogen-bond donors (Lipinski definition) is 1. The predicted octanol–water partition coefficient (Wildman–Crippen LogP) is 1.23. The van der Waals surface area contributed by atoms with Gasteiger partial charge in [-0.3, -0.25) is 4.90 Å². The van der Waals surface area contributed by atoms with Gasteiger partial charge in [-0.1, -0.05) is 6.07 Å². The summed E-state index contributed by atoms with van der Waals surface area (Å²) in [6.07, 6.45) is 3.22. The second-order valence-corrected chi connectivity index (χ2v) is 7.95. The van der Waals surface area contributed by atoms with Crippen LogP contribution in [0, 0.1) is 0 Å². The first-order valence-electron chi connectivity index (χ1n) is 8.02. The summed E-state index contributed by atoms with van der Waals surface area (Å²) < 4.78 is 38.4. The van der Waals surface area contributed by atoms with Gasteiger partial charge in [0, 0.05) is 31.2 Å². The number of ether oxygens (including phenoxy) is 2. The minimum Gasteiger partial charge on any atom is -0.497 e. The van der Waals surface area contributed by atoms with Crippen molar-refractivity contribution >= 4 is 10.0 Å². The molecule has 1 saturated carbocycles. The number of benzene rings is 1. The lowest BCUT2D eigenvalue weighted by molar-refractivity contribution is -0.0527. The molecule has 1 aromatic rings. The van der Waals surface area contributed by atoms with Crippen LogP contribution in [0.1, 0.15) is 19.3 Å². The van der Waals surface area contributed by atoms with Crippen LogP contribution in [0.2, 0.25) is 0 Å². The van der Waals surface area contributed by atoms with Gasteiger partial charge < -0.3 is 9.47 Å². The third-order valence-corrected chi connectivity index (χ3v) is 6.31. The smallest absolute Gasteiger partial charge is 0.240 e. The molecule has 23 heavy (non-hydrogen) atoms. The zero-order valence-corrected chi connectivity index (χ0v) is 14.3. The monoisotopic (exact) mass is 340 g/mol. The van der Waals surface area contributed by atoms with Crippen LogP contribution in [0.5, 0.6) is 5.75 Å². The molecule has 0 bridgehead atoms. The first kappa shape index (κ1) is 16.7. The molecule has 0 spiro atoms. The van der Waals surface area contributed by atoms with E-state index in [1.807, 2.05) is 0 Å². The summed E-state index contributed by atoms with van der Waals surface area (Å²) >= 11 is 0. The fourth-order valence-corrected chi connectivity index (χ4v) is 4.46. The minimum absolute atomic E-state index is 0.0459. The highest BCUT2D eigenvalue weighted by atomic mass is 32.2. The summed E-state index contributed by atoms with van der Waals surface area (Å²) in [6, 6.07) is 6.56. The molecule has 0 radical (unpaired) electrons. The third kappa shape index (κ3) is 3.52. The molecule has 1 aliphatic heterocycles. The Hall–Kier alpha value is -1.15. The molecule has 0 atom stereocenters. The van der Waals surface area contributed by atoms with E-state index in [4.69, 9.17) is 9.47 Å². The van der Waals surface area contributed by atoms with Crippen molar-refractivity contribution in [1.29, 1.82) is 0 Å². The first-order valence-corrected chi connectivity index (χ1v) is 9.51. The molecule has 128 valence electrons. The van der Waals surface area contributed by atoms with E-state index < -0.39 is 10.0 Å². The molecule has 1 heterocycles. The summed E-state index contributed by atoms with van der Waals surface area (Å²) in [6.45, 7) is 3.66. The molecule has 1 N–H and O–H groups in total. The van der Waals surface area contributed by atoms with Crippen molar-refractivity contribution in [3.8, 4) is 5.75 Å². The minimum atomic E-state index is -3.53. The number of sulfonamides is 1. The van der Waals surface area contributed by atoms with Crippen molar-refractivity contribution in [2.45, 2.75) is 29.7 Å². The van der Waals surface area contributed by atoms with Gasteiger partial charge in [0.25, 0.3) is 0 Å². The Morgan fingerprint density at radius 2 is 2.04 bits per heavy atom. The van der Waals surface area contributed by atoms with Crippen molar-refractivity contribution in [2.24, 2.45) is 0 Å². The Morgan fingerprint density at radius 3 is 2.65 bits per heavy atom. The van der Waals surface area contributed by atoms with Crippen molar-refractivity contribution < 1.29 is 17.9 Å². The van der Waals surface area contributed by atoms with Crippen molar-refractivity contribution in [2.75, 3.05) is 40.0 Å². The molecular formula is C16H24N2O4S. The summed E-state index contributed by atoms with van der Waals surface area (Å²) in [7, 11) is -2.00. The first-order chi connectivity index (χ1) is 11.1. The number of nitrogens with one attached hydrogen (secondary N) is 1. The van der Waals surface area contributed by atoms with Crippen molar-refractivity contribution in [3.05, 3.63) is 24.3 Å². The van der Waals surface area contributed by atoms with Crippen LogP contribution in [0.4, 0.5) is 0 Å². The van der Waals surface area contributed by atoms with Crippen LogP contribution < -0.4 is 9.46 Å². The van der Waals surface area contributed by atoms with Crippen LogP contribution >= 0.6 is 0 Å². The molecule has 0 amide bonds. The van der Waals surface area contributed by atoms with Gasteiger partial charge in [-0.25, -0.2) is 13.1 Å². The van der Waals surface area contributed by atoms with Gasteiger partial charge in [0.15, 0.2) is 0 Å². The summed E-state index contributed by atoms with van der Waals surface area (Å²) in [5.41, 5.74) is -0.0459. The van der Waals surface area contributed by atoms with E-state index in [2.05, 4.69) is 9.62 Å². The molecular weight excluding hydrogens is 316 g/mol. The van der Waals surface area contributed by atoms with E-state index in [-0.39, 0.29) is 10.4 Å². The quantitative estimate of drug-likeness (QED) is 0.844. The van der Waals surface area contributed by atoms with Crippen molar-refractivity contribution in [1.82, 2.24) is 9.62 Å². The molecule has 1 saturated heterocycles. The van der Waals surface area contributed by atoms with Gasteiger partial charge in [-0.05, 0) is 31.4 Å². The van der Waals surface area contributed by atoms with Crippen LogP contribution in [-0.2, 0) is 14.8 Å². The zero-order valence-electron chi connectivity index (χ0n) is 13.5. The molecule has 2 fully saturated rings. The summed E-state index contributed by atoms with van der Waals surface area (Å²) in [4.78, 5) is 2.63. The lowest BCUT2D eigenvalue weighted by Gasteiger charge is -2.51. The molecule has 0 unspecified atom stereocenters. The maximum atomic E-state index is 12.6. The van der Waals surface area contributed by atoms with Crippen molar-refractivity contribution in [3.63, 3.8) is 0 Å². The summed E-state index contributed by atoms with van der Waals surface area (Å²) in [5, 5.41) is 0. The second-order valence-electron chi connectivity index (χ2n) is 6.18. The Bertz CT molecular complexity index is 637. The van der Waals surface area contributed by atoms with Crippen LogP contribution in [0.15, 0.2) is 29.2 Å². The molecule has 7 heteroatoms. The highest BCUT2D eigenvalue weighted by Crippen LogP contribution is 2.38. The SMILES string of the molecule is COc1cccc(S(=O)(=O)NCC2(N3CCOCC3)CCC2)c1. The van der Waals surface area contributed by atoms with Gasteiger partial charge in [0.05, 0.1) is 25.2 Å². The van der Waals surface area contributed by atoms with E-state index in [0.29, 0.717) is 12.3 Å². The largest absolute Gasteiger partial charge is 0.497 e. The Labute approximate surface area is 137 Å². The van der Waals surface area contributed by atoms with Gasteiger partial charge in [0.2, 0.25) is 10.0 Å². The number of morpholine rings is 1. The number of hydrogen-bond acceptors (Lipinski definition) is 5. The van der Waals surface area contributed by atoms with Gasteiger partial charge in [0.1, 0.15) is 5.75 Å². The summed E-state index contributed by atoms with van der Waals surface area (Å²) in [5.74, 6) is 0.541. The highest BCUT2D eigenvalue weighted by molar-refractivity contribution is 7.89. The molecule has 1 aliphatic carbocycles. The van der Waals surface area contributed by atoms with E-state index >= 15 is 0 Å². The van der Waals surface area contributed by atoms with Gasteiger partial charge in [-0.15, -0.1) is 0 Å². The lowest BCUT2D eigenvalue weighted by Crippen LogP contribution is -2.62. The Balaban J connectivity index is 1.70. The molecule has 6 nitrogen and oxygen atoms in total. The molecule has 0 aromatic heterocycles. The average Bonchev–Trinajstić information content (AvgIpc) is 2.55. The Kier molecular flexibility index (Phi) is 4.91. The second kappa shape index (κ2) is 6.76. The zero-order chi connectivity index (χ0) is 16.3. The molecule has 3 rings (SSSR count). The van der Waals surface area contributed by atoms with Crippen LogP contribution in [-0.4, -0.2) is 58.8 Å². The Morgan fingerprint density at radius 1 is 1.30 bits per heavy atom. The lowest BCUT2D eigenvalue weighted by atomic mass is 9.75. The topological polar surface area (TPSA) is 67.9 Å².